The Bertz CT molecular complexity index is 775. The van der Waals surface area contributed by atoms with E-state index in [1.165, 1.54) is 11.4 Å². The lowest BCUT2D eigenvalue weighted by Gasteiger charge is -2.33. The van der Waals surface area contributed by atoms with Crippen LogP contribution in [0.2, 0.25) is 0 Å². The molecule has 1 aliphatic carbocycles. The van der Waals surface area contributed by atoms with Crippen molar-refractivity contribution in [1.29, 1.82) is 0 Å². The van der Waals surface area contributed by atoms with Crippen LogP contribution in [0.4, 0.5) is 0 Å². The van der Waals surface area contributed by atoms with Gasteiger partial charge in [-0.25, -0.2) is 4.98 Å². The summed E-state index contributed by atoms with van der Waals surface area (Å²) in [5, 5.41) is 3.22. The van der Waals surface area contributed by atoms with E-state index in [1.54, 1.807) is 11.3 Å². The second kappa shape index (κ2) is 6.82. The van der Waals surface area contributed by atoms with Crippen LogP contribution in [-0.2, 0) is 13.0 Å². The normalized spacial score (nSPS) is 21.5. The first-order valence-corrected chi connectivity index (χ1v) is 10.4. The maximum Gasteiger partial charge on any atom is 0.289 e. The minimum absolute atomic E-state index is 0.0605. The van der Waals surface area contributed by atoms with Crippen molar-refractivity contribution >= 4 is 17.2 Å². The predicted molar refractivity (Wildman–Crippen MR) is 102 cm³/mol. The number of piperidine rings is 1. The number of carbonyl (C=O) groups excluding carboxylic acids is 1. The number of likely N-dealkylation sites (tertiary alicyclic amines) is 1. The molecule has 1 saturated carbocycles. The van der Waals surface area contributed by atoms with Gasteiger partial charge in [0.05, 0.1) is 6.54 Å². The second-order valence-electron chi connectivity index (χ2n) is 7.79. The minimum Gasteiger partial charge on any atom is -0.456 e. The first kappa shape index (κ1) is 17.7. The molecule has 2 aromatic heterocycles. The molecule has 1 amide bonds. The number of nitrogens with zero attached hydrogens (tertiary/aromatic N) is 3. The number of hydrogen-bond donors (Lipinski definition) is 0. The summed E-state index contributed by atoms with van der Waals surface area (Å²) >= 11 is 1.72. The van der Waals surface area contributed by atoms with Gasteiger partial charge in [-0.3, -0.25) is 9.69 Å². The third-order valence-corrected chi connectivity index (χ3v) is 6.87. The van der Waals surface area contributed by atoms with Gasteiger partial charge in [-0.2, -0.15) is 0 Å². The van der Waals surface area contributed by atoms with E-state index >= 15 is 0 Å². The van der Waals surface area contributed by atoms with Crippen molar-refractivity contribution in [1.82, 2.24) is 14.8 Å². The molecule has 4 rings (SSSR count). The average Bonchev–Trinajstić information content (AvgIpc) is 2.99. The molecule has 1 atom stereocenters. The molecule has 2 fully saturated rings. The number of rotatable bonds is 5. The van der Waals surface area contributed by atoms with E-state index in [0.29, 0.717) is 17.2 Å². The van der Waals surface area contributed by atoms with Crippen LogP contribution in [0.15, 0.2) is 22.1 Å². The molecule has 0 bridgehead atoms. The summed E-state index contributed by atoms with van der Waals surface area (Å²) in [5.41, 5.74) is 1.36. The third-order valence-electron chi connectivity index (χ3n) is 6.10. The fourth-order valence-corrected chi connectivity index (χ4v) is 5.05. The molecule has 140 valence electrons. The molecule has 2 aliphatic rings. The van der Waals surface area contributed by atoms with E-state index < -0.39 is 0 Å². The molecule has 0 radical (unpaired) electrons. The van der Waals surface area contributed by atoms with Crippen molar-refractivity contribution in [2.45, 2.75) is 52.1 Å². The number of aryl methyl sites for hydroxylation is 2. The smallest absolute Gasteiger partial charge is 0.289 e. The van der Waals surface area contributed by atoms with Crippen molar-refractivity contribution in [3.05, 3.63) is 39.7 Å². The van der Waals surface area contributed by atoms with E-state index in [0.717, 1.165) is 50.2 Å². The highest BCUT2D eigenvalue weighted by molar-refractivity contribution is 7.09. The Hall–Kier alpha value is -1.66. The topological polar surface area (TPSA) is 49.6 Å². The molecule has 1 aliphatic heterocycles. The molecule has 6 heteroatoms. The van der Waals surface area contributed by atoms with Gasteiger partial charge < -0.3 is 9.32 Å². The van der Waals surface area contributed by atoms with Crippen molar-refractivity contribution in [2.75, 3.05) is 20.1 Å². The van der Waals surface area contributed by atoms with Crippen molar-refractivity contribution in [3.63, 3.8) is 0 Å². The van der Waals surface area contributed by atoms with Crippen molar-refractivity contribution in [2.24, 2.45) is 5.41 Å². The third kappa shape index (κ3) is 3.21. The Morgan fingerprint density at radius 2 is 2.23 bits per heavy atom. The van der Waals surface area contributed by atoms with Crippen LogP contribution in [0.1, 0.15) is 53.1 Å². The van der Waals surface area contributed by atoms with Gasteiger partial charge in [-0.05, 0) is 44.7 Å². The maximum absolute atomic E-state index is 12.8. The van der Waals surface area contributed by atoms with Crippen molar-refractivity contribution < 1.29 is 9.21 Å². The number of aromatic nitrogens is 1. The Morgan fingerprint density at radius 3 is 2.85 bits per heavy atom. The first-order valence-electron chi connectivity index (χ1n) is 9.49. The summed E-state index contributed by atoms with van der Waals surface area (Å²) in [6.45, 7) is 6.61. The second-order valence-corrected chi connectivity index (χ2v) is 8.77. The van der Waals surface area contributed by atoms with Crippen LogP contribution in [0, 0.1) is 12.3 Å². The number of thiazole rings is 1. The zero-order valence-corrected chi connectivity index (χ0v) is 16.6. The lowest BCUT2D eigenvalue weighted by molar-refractivity contribution is 0.0623. The lowest BCUT2D eigenvalue weighted by Crippen LogP contribution is -2.41. The zero-order valence-electron chi connectivity index (χ0n) is 15.8. The molecule has 2 aromatic rings. The quantitative estimate of drug-likeness (QED) is 0.801. The van der Waals surface area contributed by atoms with Gasteiger partial charge in [0.15, 0.2) is 5.76 Å². The highest BCUT2D eigenvalue weighted by Gasteiger charge is 2.57. The van der Waals surface area contributed by atoms with Crippen LogP contribution in [0.3, 0.4) is 0 Å². The zero-order chi connectivity index (χ0) is 18.3. The molecule has 1 saturated heterocycles. The minimum atomic E-state index is 0.0605. The number of amides is 1. The standard InChI is InChI=1S/C20H27N3O2S/c1-4-15-11-14(2)18(25-15)19(24)23-8-5-20(6-9-23)12-16(20)22(3)13-17-21-7-10-26-17/h7,10-11,16H,4-6,8-9,12-13H2,1-3H3. The van der Waals surface area contributed by atoms with E-state index in [2.05, 4.69) is 16.9 Å². The molecule has 3 heterocycles. The van der Waals surface area contributed by atoms with Crippen molar-refractivity contribution in [3.8, 4) is 0 Å². The summed E-state index contributed by atoms with van der Waals surface area (Å²) in [5.74, 6) is 1.49. The molecule has 0 aromatic carbocycles. The van der Waals surface area contributed by atoms with E-state index in [1.807, 2.05) is 36.4 Å². The Kier molecular flexibility index (Phi) is 4.65. The van der Waals surface area contributed by atoms with Gasteiger partial charge in [0.2, 0.25) is 0 Å². The van der Waals surface area contributed by atoms with Gasteiger partial charge in [0, 0.05) is 42.7 Å². The van der Waals surface area contributed by atoms with Gasteiger partial charge >= 0.3 is 0 Å². The summed E-state index contributed by atoms with van der Waals surface area (Å²) in [7, 11) is 2.21. The van der Waals surface area contributed by atoms with E-state index in [4.69, 9.17) is 4.42 Å². The summed E-state index contributed by atoms with van der Waals surface area (Å²) in [6.07, 6.45) is 6.13. The number of hydrogen-bond acceptors (Lipinski definition) is 5. The Morgan fingerprint density at radius 1 is 1.46 bits per heavy atom. The first-order chi connectivity index (χ1) is 12.5. The van der Waals surface area contributed by atoms with Crippen LogP contribution in [0.25, 0.3) is 0 Å². The van der Waals surface area contributed by atoms with E-state index in [9.17, 15) is 4.79 Å². The Balaban J connectivity index is 1.34. The van der Waals surface area contributed by atoms with Gasteiger partial charge in [0.1, 0.15) is 10.8 Å². The molecule has 1 spiro atoms. The fourth-order valence-electron chi connectivity index (χ4n) is 4.37. The monoisotopic (exact) mass is 373 g/mol. The molecule has 0 N–H and O–H groups in total. The van der Waals surface area contributed by atoms with Gasteiger partial charge in [-0.1, -0.05) is 6.92 Å². The van der Waals surface area contributed by atoms with Gasteiger partial charge in [0.25, 0.3) is 5.91 Å². The van der Waals surface area contributed by atoms with Gasteiger partial charge in [-0.15, -0.1) is 11.3 Å². The highest BCUT2D eigenvalue weighted by atomic mass is 32.1. The molecule has 5 nitrogen and oxygen atoms in total. The number of furan rings is 1. The highest BCUT2D eigenvalue weighted by Crippen LogP contribution is 2.56. The number of carbonyl (C=O) groups is 1. The molecular formula is C20H27N3O2S. The van der Waals surface area contributed by atoms with Crippen LogP contribution >= 0.6 is 11.3 Å². The average molecular weight is 374 g/mol. The van der Waals surface area contributed by atoms with Crippen LogP contribution < -0.4 is 0 Å². The molecule has 1 unspecified atom stereocenters. The summed E-state index contributed by atoms with van der Waals surface area (Å²) in [6, 6.07) is 2.61. The molecular weight excluding hydrogens is 346 g/mol. The maximum atomic E-state index is 12.8. The Labute approximate surface area is 159 Å². The van der Waals surface area contributed by atoms with E-state index in [-0.39, 0.29) is 5.91 Å². The SMILES string of the molecule is CCc1cc(C)c(C(=O)N2CCC3(CC2)CC3N(C)Cc2nccs2)o1. The largest absolute Gasteiger partial charge is 0.456 e. The van der Waals surface area contributed by atoms with Crippen LogP contribution in [-0.4, -0.2) is 46.9 Å². The summed E-state index contributed by atoms with van der Waals surface area (Å²) in [4.78, 5) is 21.6. The summed E-state index contributed by atoms with van der Waals surface area (Å²) < 4.78 is 5.76. The lowest BCUT2D eigenvalue weighted by atomic mass is 9.92. The predicted octanol–water partition coefficient (Wildman–Crippen LogP) is 3.73. The molecule has 26 heavy (non-hydrogen) atoms. The van der Waals surface area contributed by atoms with Crippen LogP contribution in [0.5, 0.6) is 0 Å². The fraction of sp³-hybridized carbons (Fsp3) is 0.600.